The summed E-state index contributed by atoms with van der Waals surface area (Å²) in [5.74, 6) is 0.730. The lowest BCUT2D eigenvalue weighted by molar-refractivity contribution is -0.113. The maximum Gasteiger partial charge on any atom is 0.236 e. The predicted octanol–water partition coefficient (Wildman–Crippen LogP) is 3.61. The summed E-state index contributed by atoms with van der Waals surface area (Å²) in [5.41, 5.74) is 3.44. The van der Waals surface area contributed by atoms with E-state index in [1.165, 1.54) is 22.9 Å². The number of pyridine rings is 1. The van der Waals surface area contributed by atoms with Crippen LogP contribution in [-0.2, 0) is 4.79 Å². The van der Waals surface area contributed by atoms with Crippen LogP contribution in [0, 0.1) is 13.8 Å². The second-order valence-corrected chi connectivity index (χ2v) is 6.36. The lowest BCUT2D eigenvalue weighted by Crippen LogP contribution is -2.15. The molecule has 0 aliphatic carbocycles. The quantitative estimate of drug-likeness (QED) is 0.722. The summed E-state index contributed by atoms with van der Waals surface area (Å²) in [6.45, 7) is 4.13. The number of benzene rings is 1. The number of carbonyl (C=O) groups excluding carboxylic acids is 1. The standard InChI is InChI=1S/C18H18N4OS/c1-13-6-7-14(2)15(11-13)22-10-9-20-18(22)24-12-17(23)21-16-5-3-4-8-19-16/h3-11H,12H2,1-2H3,(H,19,21,23). The van der Waals surface area contributed by atoms with Crippen molar-refractivity contribution in [2.75, 3.05) is 11.1 Å². The number of anilines is 1. The first-order chi connectivity index (χ1) is 11.6. The van der Waals surface area contributed by atoms with Crippen LogP contribution < -0.4 is 5.32 Å². The van der Waals surface area contributed by atoms with Crippen LogP contribution in [0.2, 0.25) is 0 Å². The van der Waals surface area contributed by atoms with E-state index in [9.17, 15) is 4.79 Å². The largest absolute Gasteiger partial charge is 0.310 e. The Balaban J connectivity index is 1.70. The normalized spacial score (nSPS) is 10.6. The Bertz CT molecular complexity index is 845. The zero-order valence-corrected chi connectivity index (χ0v) is 14.4. The minimum atomic E-state index is -0.103. The zero-order chi connectivity index (χ0) is 16.9. The van der Waals surface area contributed by atoms with Gasteiger partial charge in [0.15, 0.2) is 5.16 Å². The number of nitrogens with one attached hydrogen (secondary N) is 1. The van der Waals surface area contributed by atoms with Crippen LogP contribution in [0.1, 0.15) is 11.1 Å². The van der Waals surface area contributed by atoms with E-state index in [4.69, 9.17) is 0 Å². The average molecular weight is 338 g/mol. The maximum atomic E-state index is 12.1. The van der Waals surface area contributed by atoms with Crippen LogP contribution in [0.4, 0.5) is 5.82 Å². The summed E-state index contributed by atoms with van der Waals surface area (Å²) in [5, 5.41) is 3.57. The predicted molar refractivity (Wildman–Crippen MR) is 96.6 cm³/mol. The SMILES string of the molecule is Cc1ccc(C)c(-n2ccnc2SCC(=O)Nc2ccccn2)c1. The molecule has 0 saturated carbocycles. The minimum absolute atomic E-state index is 0.103. The first-order valence-corrected chi connectivity index (χ1v) is 8.57. The third-order valence-corrected chi connectivity index (χ3v) is 4.46. The van der Waals surface area contributed by atoms with Gasteiger partial charge in [-0.3, -0.25) is 9.36 Å². The number of hydrogen-bond acceptors (Lipinski definition) is 4. The number of rotatable bonds is 5. The van der Waals surface area contributed by atoms with Crippen LogP contribution in [0.3, 0.4) is 0 Å². The molecule has 1 aromatic carbocycles. The number of nitrogens with zero attached hydrogens (tertiary/aromatic N) is 3. The summed E-state index contributed by atoms with van der Waals surface area (Å²) < 4.78 is 2.01. The Morgan fingerprint density at radius 1 is 1.17 bits per heavy atom. The highest BCUT2D eigenvalue weighted by molar-refractivity contribution is 7.99. The summed E-state index contributed by atoms with van der Waals surface area (Å²) >= 11 is 1.40. The van der Waals surface area contributed by atoms with Gasteiger partial charge in [0.05, 0.1) is 11.4 Å². The fourth-order valence-corrected chi connectivity index (χ4v) is 3.07. The fraction of sp³-hybridized carbons (Fsp3) is 0.167. The van der Waals surface area contributed by atoms with Crippen molar-refractivity contribution >= 4 is 23.5 Å². The van der Waals surface area contributed by atoms with E-state index in [0.717, 1.165) is 10.8 Å². The number of imidazole rings is 1. The van der Waals surface area contributed by atoms with Crippen molar-refractivity contribution in [3.05, 3.63) is 66.1 Å². The van der Waals surface area contributed by atoms with Crippen molar-refractivity contribution in [1.29, 1.82) is 0 Å². The van der Waals surface area contributed by atoms with Crippen molar-refractivity contribution in [3.63, 3.8) is 0 Å². The van der Waals surface area contributed by atoms with Crippen molar-refractivity contribution < 1.29 is 4.79 Å². The smallest absolute Gasteiger partial charge is 0.236 e. The average Bonchev–Trinajstić information content (AvgIpc) is 3.04. The molecular weight excluding hydrogens is 320 g/mol. The van der Waals surface area contributed by atoms with Crippen LogP contribution in [-0.4, -0.2) is 26.2 Å². The molecule has 1 amide bonds. The van der Waals surface area contributed by atoms with Gasteiger partial charge in [-0.15, -0.1) is 0 Å². The molecule has 122 valence electrons. The number of aromatic nitrogens is 3. The number of carbonyl (C=O) groups is 1. The van der Waals surface area contributed by atoms with Crippen molar-refractivity contribution in [3.8, 4) is 5.69 Å². The molecule has 0 aliphatic rings. The third-order valence-electron chi connectivity index (χ3n) is 3.50. The van der Waals surface area contributed by atoms with Gasteiger partial charge >= 0.3 is 0 Å². The number of hydrogen-bond donors (Lipinski definition) is 1. The van der Waals surface area contributed by atoms with Crippen LogP contribution in [0.5, 0.6) is 0 Å². The fourth-order valence-electron chi connectivity index (χ4n) is 2.30. The molecule has 0 saturated heterocycles. The second kappa shape index (κ2) is 7.31. The van der Waals surface area contributed by atoms with E-state index in [1.54, 1.807) is 18.5 Å². The Hall–Kier alpha value is -2.60. The molecule has 2 heterocycles. The second-order valence-electron chi connectivity index (χ2n) is 5.42. The molecule has 0 aliphatic heterocycles. The summed E-state index contributed by atoms with van der Waals surface area (Å²) in [7, 11) is 0. The van der Waals surface area contributed by atoms with Gasteiger partial charge in [-0.1, -0.05) is 30.0 Å². The van der Waals surface area contributed by atoms with Crippen molar-refractivity contribution in [2.45, 2.75) is 19.0 Å². The van der Waals surface area contributed by atoms with Gasteiger partial charge in [-0.05, 0) is 43.2 Å². The van der Waals surface area contributed by atoms with E-state index in [2.05, 4.69) is 47.3 Å². The maximum absolute atomic E-state index is 12.1. The molecule has 1 N–H and O–H groups in total. The van der Waals surface area contributed by atoms with Crippen LogP contribution in [0.25, 0.3) is 5.69 Å². The lowest BCUT2D eigenvalue weighted by Gasteiger charge is -2.11. The van der Waals surface area contributed by atoms with E-state index in [0.29, 0.717) is 5.82 Å². The van der Waals surface area contributed by atoms with Crippen molar-refractivity contribution in [1.82, 2.24) is 14.5 Å². The monoisotopic (exact) mass is 338 g/mol. The van der Waals surface area contributed by atoms with Crippen LogP contribution >= 0.6 is 11.8 Å². The Morgan fingerprint density at radius 2 is 2.04 bits per heavy atom. The van der Waals surface area contributed by atoms with E-state index in [1.807, 2.05) is 22.9 Å². The lowest BCUT2D eigenvalue weighted by atomic mass is 10.1. The van der Waals surface area contributed by atoms with E-state index in [-0.39, 0.29) is 11.7 Å². The van der Waals surface area contributed by atoms with Gasteiger partial charge in [0.1, 0.15) is 5.82 Å². The number of amides is 1. The van der Waals surface area contributed by atoms with Gasteiger partial charge in [0.25, 0.3) is 0 Å². The van der Waals surface area contributed by atoms with Gasteiger partial charge in [0, 0.05) is 18.6 Å². The zero-order valence-electron chi connectivity index (χ0n) is 13.6. The topological polar surface area (TPSA) is 59.8 Å². The Morgan fingerprint density at radius 3 is 2.83 bits per heavy atom. The molecule has 0 bridgehead atoms. The van der Waals surface area contributed by atoms with Crippen LogP contribution in [0.15, 0.2) is 60.1 Å². The van der Waals surface area contributed by atoms with Gasteiger partial charge in [-0.25, -0.2) is 9.97 Å². The molecule has 0 unspecified atom stereocenters. The van der Waals surface area contributed by atoms with Gasteiger partial charge in [0.2, 0.25) is 5.91 Å². The summed E-state index contributed by atoms with van der Waals surface area (Å²) in [4.78, 5) is 20.5. The molecule has 0 fully saturated rings. The minimum Gasteiger partial charge on any atom is -0.310 e. The molecular formula is C18H18N4OS. The number of thioether (sulfide) groups is 1. The first kappa shape index (κ1) is 16.3. The molecule has 2 aromatic heterocycles. The van der Waals surface area contributed by atoms with E-state index < -0.39 is 0 Å². The molecule has 0 atom stereocenters. The Labute approximate surface area is 145 Å². The molecule has 3 aromatic rings. The van der Waals surface area contributed by atoms with Gasteiger partial charge in [-0.2, -0.15) is 0 Å². The highest BCUT2D eigenvalue weighted by atomic mass is 32.2. The summed E-state index contributed by atoms with van der Waals surface area (Å²) in [6.07, 6.45) is 5.32. The molecule has 0 spiro atoms. The third kappa shape index (κ3) is 3.83. The molecule has 5 nitrogen and oxygen atoms in total. The van der Waals surface area contributed by atoms with E-state index >= 15 is 0 Å². The molecule has 0 radical (unpaired) electrons. The Kier molecular flexibility index (Phi) is 4.96. The highest BCUT2D eigenvalue weighted by Gasteiger charge is 2.11. The summed E-state index contributed by atoms with van der Waals surface area (Å²) in [6, 6.07) is 11.7. The number of aryl methyl sites for hydroxylation is 2. The van der Waals surface area contributed by atoms with Gasteiger partial charge < -0.3 is 5.32 Å². The van der Waals surface area contributed by atoms with Crippen molar-refractivity contribution in [2.24, 2.45) is 0 Å². The molecule has 3 rings (SSSR count). The highest BCUT2D eigenvalue weighted by Crippen LogP contribution is 2.23. The molecule has 24 heavy (non-hydrogen) atoms. The molecule has 6 heteroatoms. The first-order valence-electron chi connectivity index (χ1n) is 7.58.